The lowest BCUT2D eigenvalue weighted by Gasteiger charge is -2.34. The topological polar surface area (TPSA) is 97.0 Å². The summed E-state index contributed by atoms with van der Waals surface area (Å²) in [6.07, 6.45) is 0. The average Bonchev–Trinajstić information content (AvgIpc) is 3.39. The molecule has 2 heterocycles. The maximum absolute atomic E-state index is 13.2. The highest BCUT2D eigenvalue weighted by molar-refractivity contribution is 7.92. The molecule has 0 saturated carbocycles. The predicted molar refractivity (Wildman–Crippen MR) is 137 cm³/mol. The third-order valence-electron chi connectivity index (χ3n) is 5.93. The molecule has 0 radical (unpaired) electrons. The van der Waals surface area contributed by atoms with Crippen molar-refractivity contribution in [3.8, 4) is 5.75 Å². The molecule has 186 valence electrons. The second-order valence-corrected chi connectivity index (χ2v) is 10.8. The summed E-state index contributed by atoms with van der Waals surface area (Å²) in [6.45, 7) is 5.11. The minimum atomic E-state index is -3.93. The number of benzene rings is 2. The van der Waals surface area contributed by atoms with Crippen molar-refractivity contribution in [3.63, 3.8) is 0 Å². The highest BCUT2D eigenvalue weighted by Gasteiger charge is 2.25. The summed E-state index contributed by atoms with van der Waals surface area (Å²) in [7, 11) is -2.46. The second kappa shape index (κ2) is 11.2. The fourth-order valence-electron chi connectivity index (χ4n) is 4.01. The normalized spacial score (nSPS) is 15.4. The molecular weight excluding hydrogens is 486 g/mol. The largest absolute Gasteiger partial charge is 0.495 e. The summed E-state index contributed by atoms with van der Waals surface area (Å²) in [6, 6.07) is 15.4. The Hall–Kier alpha value is -2.92. The number of hydrogen-bond donors (Lipinski definition) is 2. The molecule has 1 saturated heterocycles. The number of methoxy groups -OCH3 is 1. The highest BCUT2D eigenvalue weighted by Crippen LogP contribution is 2.28. The Labute approximate surface area is 209 Å². The Morgan fingerprint density at radius 2 is 1.91 bits per heavy atom. The third-order valence-corrected chi connectivity index (χ3v) is 8.27. The van der Waals surface area contributed by atoms with Crippen LogP contribution in [0.1, 0.15) is 26.8 Å². The molecule has 35 heavy (non-hydrogen) atoms. The molecule has 10 heteroatoms. The Morgan fingerprint density at radius 3 is 2.63 bits per heavy atom. The van der Waals surface area contributed by atoms with Crippen molar-refractivity contribution >= 4 is 33.0 Å². The third kappa shape index (κ3) is 6.02. The van der Waals surface area contributed by atoms with Crippen LogP contribution < -0.4 is 14.8 Å². The number of aryl methyl sites for hydroxylation is 1. The van der Waals surface area contributed by atoms with Crippen LogP contribution in [0.25, 0.3) is 0 Å². The molecule has 8 nitrogen and oxygen atoms in total. The van der Waals surface area contributed by atoms with Crippen molar-refractivity contribution < 1.29 is 22.7 Å². The van der Waals surface area contributed by atoms with Gasteiger partial charge < -0.3 is 14.8 Å². The Balaban J connectivity index is 1.52. The maximum Gasteiger partial charge on any atom is 0.262 e. The van der Waals surface area contributed by atoms with Gasteiger partial charge in [-0.2, -0.15) is 0 Å². The molecule has 3 aromatic rings. The Kier molecular flexibility index (Phi) is 8.07. The number of hydrogen-bond acceptors (Lipinski definition) is 7. The Morgan fingerprint density at radius 1 is 1.14 bits per heavy atom. The zero-order chi connectivity index (χ0) is 24.8. The lowest BCUT2D eigenvalue weighted by Crippen LogP contribution is -2.43. The van der Waals surface area contributed by atoms with E-state index in [0.717, 1.165) is 13.1 Å². The van der Waals surface area contributed by atoms with Gasteiger partial charge in [-0.3, -0.25) is 14.4 Å². The molecule has 1 atom stereocenters. The molecule has 1 aliphatic heterocycles. The van der Waals surface area contributed by atoms with Crippen LogP contribution in [-0.4, -0.2) is 59.2 Å². The number of carbonyl (C=O) groups is 1. The van der Waals surface area contributed by atoms with Crippen molar-refractivity contribution in [3.05, 3.63) is 76.0 Å². The first-order valence-corrected chi connectivity index (χ1v) is 13.6. The van der Waals surface area contributed by atoms with E-state index in [1.807, 2.05) is 11.4 Å². The number of nitrogens with one attached hydrogen (secondary N) is 2. The van der Waals surface area contributed by atoms with Crippen molar-refractivity contribution in [2.45, 2.75) is 17.9 Å². The quantitative estimate of drug-likeness (QED) is 0.451. The van der Waals surface area contributed by atoms with Crippen LogP contribution in [0.5, 0.6) is 5.75 Å². The van der Waals surface area contributed by atoms with E-state index < -0.39 is 10.0 Å². The molecule has 1 amide bonds. The van der Waals surface area contributed by atoms with Gasteiger partial charge >= 0.3 is 0 Å². The van der Waals surface area contributed by atoms with Crippen LogP contribution in [0.2, 0.25) is 0 Å². The number of sulfonamides is 1. The molecule has 2 aromatic carbocycles. The number of nitrogens with zero attached hydrogens (tertiary/aromatic N) is 1. The molecule has 4 rings (SSSR count). The number of amides is 1. The summed E-state index contributed by atoms with van der Waals surface area (Å²) in [4.78, 5) is 16.6. The Bertz CT molecular complexity index is 1260. The van der Waals surface area contributed by atoms with Gasteiger partial charge in [-0.1, -0.05) is 24.3 Å². The van der Waals surface area contributed by atoms with E-state index in [2.05, 4.69) is 21.0 Å². The minimum absolute atomic E-state index is 0.00198. The fraction of sp³-hybridized carbons (Fsp3) is 0.320. The van der Waals surface area contributed by atoms with Crippen molar-refractivity contribution in [1.29, 1.82) is 0 Å². The zero-order valence-corrected chi connectivity index (χ0v) is 21.3. The van der Waals surface area contributed by atoms with E-state index in [0.29, 0.717) is 42.3 Å². The van der Waals surface area contributed by atoms with Gasteiger partial charge in [0.1, 0.15) is 5.75 Å². The first-order valence-electron chi connectivity index (χ1n) is 11.3. The van der Waals surface area contributed by atoms with Gasteiger partial charge in [-0.25, -0.2) is 8.42 Å². The van der Waals surface area contributed by atoms with Gasteiger partial charge in [-0.05, 0) is 48.2 Å². The second-order valence-electron chi connectivity index (χ2n) is 8.17. The summed E-state index contributed by atoms with van der Waals surface area (Å²) in [5.41, 5.74) is 1.34. The summed E-state index contributed by atoms with van der Waals surface area (Å²) in [5.74, 6) is 0.0931. The van der Waals surface area contributed by atoms with E-state index in [4.69, 9.17) is 9.47 Å². The highest BCUT2D eigenvalue weighted by atomic mass is 32.2. The standard InChI is InChI=1S/C25H29N3O5S2/c1-18-9-10-19(35(30,31)27-21-6-3-4-7-23(21)32-2)16-20(18)25(29)26-17-22(24-8-5-15-34-24)28-11-13-33-14-12-28/h3-10,15-16,22,27H,11-14,17H2,1-2H3,(H,26,29)/t22-/m1/s1. The van der Waals surface area contributed by atoms with Gasteiger partial charge in [0.25, 0.3) is 15.9 Å². The molecule has 0 aliphatic carbocycles. The number of thiophene rings is 1. The van der Waals surface area contributed by atoms with Crippen LogP contribution >= 0.6 is 11.3 Å². The SMILES string of the molecule is COc1ccccc1NS(=O)(=O)c1ccc(C)c(C(=O)NC[C@H](c2cccs2)N2CCOCC2)c1. The average molecular weight is 516 g/mol. The molecule has 1 aliphatic rings. The maximum atomic E-state index is 13.2. The van der Waals surface area contributed by atoms with Crippen LogP contribution in [0.15, 0.2) is 64.9 Å². The van der Waals surface area contributed by atoms with Crippen LogP contribution in [-0.2, 0) is 14.8 Å². The summed E-state index contributed by atoms with van der Waals surface area (Å²) in [5, 5.41) is 5.05. The van der Waals surface area contributed by atoms with E-state index in [9.17, 15) is 13.2 Å². The van der Waals surface area contributed by atoms with Gasteiger partial charge in [-0.15, -0.1) is 11.3 Å². The van der Waals surface area contributed by atoms with E-state index in [-0.39, 0.29) is 16.8 Å². The van der Waals surface area contributed by atoms with Crippen molar-refractivity contribution in [1.82, 2.24) is 10.2 Å². The van der Waals surface area contributed by atoms with E-state index in [1.165, 1.54) is 24.1 Å². The molecule has 2 N–H and O–H groups in total. The monoisotopic (exact) mass is 515 g/mol. The zero-order valence-electron chi connectivity index (χ0n) is 19.7. The summed E-state index contributed by atoms with van der Waals surface area (Å²) < 4.78 is 39.4. The van der Waals surface area contributed by atoms with E-state index in [1.54, 1.807) is 48.6 Å². The first kappa shape index (κ1) is 25.2. The minimum Gasteiger partial charge on any atom is -0.495 e. The fourth-order valence-corrected chi connectivity index (χ4v) is 5.97. The molecule has 1 aromatic heterocycles. The molecular formula is C25H29N3O5S2. The summed E-state index contributed by atoms with van der Waals surface area (Å²) >= 11 is 1.65. The first-order chi connectivity index (χ1) is 16.9. The molecule has 1 fully saturated rings. The van der Waals surface area contributed by atoms with Gasteiger partial charge in [0, 0.05) is 30.1 Å². The number of anilines is 1. The van der Waals surface area contributed by atoms with Gasteiger partial charge in [0.15, 0.2) is 0 Å². The predicted octanol–water partition coefficient (Wildman–Crippen LogP) is 3.67. The van der Waals surface area contributed by atoms with Crippen molar-refractivity contribution in [2.75, 3.05) is 44.7 Å². The number of carbonyl (C=O) groups excluding carboxylic acids is 1. The lowest BCUT2D eigenvalue weighted by molar-refractivity contribution is 0.0169. The molecule has 0 bridgehead atoms. The molecule has 0 unspecified atom stereocenters. The number of para-hydroxylation sites is 2. The van der Waals surface area contributed by atoms with Gasteiger partial charge in [0.05, 0.1) is 36.9 Å². The van der Waals surface area contributed by atoms with Crippen LogP contribution in [0, 0.1) is 6.92 Å². The number of rotatable bonds is 9. The van der Waals surface area contributed by atoms with Crippen molar-refractivity contribution in [2.24, 2.45) is 0 Å². The smallest absolute Gasteiger partial charge is 0.262 e. The van der Waals surface area contributed by atoms with Crippen LogP contribution in [0.3, 0.4) is 0 Å². The lowest BCUT2D eigenvalue weighted by atomic mass is 10.1. The number of ether oxygens (including phenoxy) is 2. The van der Waals surface area contributed by atoms with Gasteiger partial charge in [0.2, 0.25) is 0 Å². The number of morpholine rings is 1. The van der Waals surface area contributed by atoms with Crippen LogP contribution in [0.4, 0.5) is 5.69 Å². The molecule has 0 spiro atoms. The van der Waals surface area contributed by atoms with E-state index >= 15 is 0 Å².